The minimum absolute atomic E-state index is 0.0993. The fraction of sp³-hybridized carbons (Fsp3) is 0.250. The van der Waals surface area contributed by atoms with E-state index in [-0.39, 0.29) is 12.0 Å². The smallest absolute Gasteiger partial charge is 0.200 e. The van der Waals surface area contributed by atoms with Crippen molar-refractivity contribution in [2.75, 3.05) is 31.2 Å². The quantitative estimate of drug-likeness (QED) is 0.638. The number of ether oxygens (including phenoxy) is 2. The summed E-state index contributed by atoms with van der Waals surface area (Å²) in [5, 5.41) is 1.45. The van der Waals surface area contributed by atoms with Crippen molar-refractivity contribution in [1.82, 2.24) is 0 Å². The van der Waals surface area contributed by atoms with Crippen LogP contribution >= 0.6 is 23.2 Å². The average Bonchev–Trinajstić information content (AvgIpc) is 2.69. The van der Waals surface area contributed by atoms with Crippen LogP contribution < -0.4 is 15.1 Å². The number of benzene rings is 2. The molecule has 2 heterocycles. The first-order valence-corrected chi connectivity index (χ1v) is 9.34. The van der Waals surface area contributed by atoms with E-state index in [1.807, 2.05) is 11.0 Å². The standard InChI is InChI=1S/C20H17Cl2NO4/c21-15-5-4-13(10-16(15)22)12-26-18-3-1-2-14-17(24)11-19(27-20(14)18)23-6-8-25-9-7-23/h1-5,10-11H,6-9,12H2. The minimum atomic E-state index is -0.0993. The normalized spacial score (nSPS) is 14.5. The Morgan fingerprint density at radius 2 is 1.85 bits per heavy atom. The van der Waals surface area contributed by atoms with Gasteiger partial charge in [-0.3, -0.25) is 4.79 Å². The summed E-state index contributed by atoms with van der Waals surface area (Å²) in [6.45, 7) is 2.86. The molecule has 140 valence electrons. The second kappa shape index (κ2) is 7.80. The summed E-state index contributed by atoms with van der Waals surface area (Å²) in [7, 11) is 0. The van der Waals surface area contributed by atoms with Gasteiger partial charge in [0.2, 0.25) is 0 Å². The first-order chi connectivity index (χ1) is 13.1. The molecule has 7 heteroatoms. The van der Waals surface area contributed by atoms with Crippen LogP contribution in [-0.2, 0) is 11.3 Å². The van der Waals surface area contributed by atoms with Crippen LogP contribution in [0, 0.1) is 0 Å². The van der Waals surface area contributed by atoms with Crippen LogP contribution in [0.25, 0.3) is 11.0 Å². The summed E-state index contributed by atoms with van der Waals surface area (Å²) in [6, 6.07) is 12.1. The second-order valence-corrected chi connectivity index (χ2v) is 7.03. The molecule has 0 radical (unpaired) electrons. The van der Waals surface area contributed by atoms with Crippen LogP contribution in [0.2, 0.25) is 10.0 Å². The van der Waals surface area contributed by atoms with E-state index in [9.17, 15) is 4.79 Å². The van der Waals surface area contributed by atoms with E-state index in [0.29, 0.717) is 59.0 Å². The predicted octanol–water partition coefficient (Wildman–Crippen LogP) is 4.52. The van der Waals surface area contributed by atoms with E-state index >= 15 is 0 Å². The molecule has 0 unspecified atom stereocenters. The highest BCUT2D eigenvalue weighted by molar-refractivity contribution is 6.42. The third-order valence-electron chi connectivity index (χ3n) is 4.41. The highest BCUT2D eigenvalue weighted by Crippen LogP contribution is 2.29. The number of hydrogen-bond acceptors (Lipinski definition) is 5. The zero-order chi connectivity index (χ0) is 18.8. The van der Waals surface area contributed by atoms with Gasteiger partial charge in [-0.15, -0.1) is 0 Å². The van der Waals surface area contributed by atoms with Gasteiger partial charge in [-0.05, 0) is 29.8 Å². The summed E-state index contributed by atoms with van der Waals surface area (Å²) in [4.78, 5) is 14.5. The van der Waals surface area contributed by atoms with Gasteiger partial charge in [0.05, 0.1) is 28.6 Å². The summed E-state index contributed by atoms with van der Waals surface area (Å²) in [5.74, 6) is 1.03. The maximum Gasteiger partial charge on any atom is 0.200 e. The third-order valence-corrected chi connectivity index (χ3v) is 5.15. The topological polar surface area (TPSA) is 51.9 Å². The molecule has 0 atom stereocenters. The maximum atomic E-state index is 12.5. The van der Waals surface area contributed by atoms with Gasteiger partial charge in [0.1, 0.15) is 6.61 Å². The molecule has 0 bridgehead atoms. The van der Waals surface area contributed by atoms with E-state index in [1.54, 1.807) is 30.3 Å². The Morgan fingerprint density at radius 1 is 1.04 bits per heavy atom. The third kappa shape index (κ3) is 3.90. The average molecular weight is 406 g/mol. The van der Waals surface area contributed by atoms with Crippen molar-refractivity contribution in [1.29, 1.82) is 0 Å². The van der Waals surface area contributed by atoms with Crippen molar-refractivity contribution in [3.8, 4) is 5.75 Å². The first kappa shape index (κ1) is 18.2. The molecule has 1 aliphatic rings. The van der Waals surface area contributed by atoms with E-state index in [1.165, 1.54) is 6.07 Å². The Balaban J connectivity index is 1.66. The predicted molar refractivity (Wildman–Crippen MR) is 106 cm³/mol. The van der Waals surface area contributed by atoms with Crippen LogP contribution in [0.15, 0.2) is 51.7 Å². The molecule has 1 saturated heterocycles. The molecule has 27 heavy (non-hydrogen) atoms. The molecule has 5 nitrogen and oxygen atoms in total. The summed E-state index contributed by atoms with van der Waals surface area (Å²) in [6.07, 6.45) is 0. The largest absolute Gasteiger partial charge is 0.485 e. The second-order valence-electron chi connectivity index (χ2n) is 6.22. The van der Waals surface area contributed by atoms with E-state index < -0.39 is 0 Å². The van der Waals surface area contributed by atoms with Gasteiger partial charge in [-0.1, -0.05) is 35.3 Å². The molecule has 0 N–H and O–H groups in total. The number of anilines is 1. The highest BCUT2D eigenvalue weighted by Gasteiger charge is 2.17. The number of fused-ring (bicyclic) bond motifs is 1. The van der Waals surface area contributed by atoms with Gasteiger partial charge < -0.3 is 18.8 Å². The van der Waals surface area contributed by atoms with Crippen molar-refractivity contribution < 1.29 is 13.9 Å². The van der Waals surface area contributed by atoms with Crippen molar-refractivity contribution in [2.24, 2.45) is 0 Å². The van der Waals surface area contributed by atoms with Crippen LogP contribution in [0.4, 0.5) is 5.88 Å². The summed E-state index contributed by atoms with van der Waals surface area (Å²) in [5.41, 5.74) is 1.21. The number of nitrogens with zero attached hydrogens (tertiary/aromatic N) is 1. The van der Waals surface area contributed by atoms with Gasteiger partial charge in [0.15, 0.2) is 22.6 Å². The fourth-order valence-corrected chi connectivity index (χ4v) is 3.30. The molecular weight excluding hydrogens is 389 g/mol. The van der Waals surface area contributed by atoms with Gasteiger partial charge in [0.25, 0.3) is 0 Å². The van der Waals surface area contributed by atoms with Crippen LogP contribution in [0.1, 0.15) is 5.56 Å². The summed E-state index contributed by atoms with van der Waals surface area (Å²) < 4.78 is 17.3. The highest BCUT2D eigenvalue weighted by atomic mass is 35.5. The Morgan fingerprint density at radius 3 is 2.63 bits per heavy atom. The SMILES string of the molecule is O=c1cc(N2CCOCC2)oc2c(OCc3ccc(Cl)c(Cl)c3)cccc12. The van der Waals surface area contributed by atoms with Gasteiger partial charge >= 0.3 is 0 Å². The monoisotopic (exact) mass is 405 g/mol. The molecule has 1 aliphatic heterocycles. The number of hydrogen-bond donors (Lipinski definition) is 0. The molecule has 2 aromatic carbocycles. The minimum Gasteiger partial charge on any atom is -0.485 e. The number of para-hydroxylation sites is 1. The van der Waals surface area contributed by atoms with Crippen LogP contribution in [-0.4, -0.2) is 26.3 Å². The van der Waals surface area contributed by atoms with E-state index in [4.69, 9.17) is 37.1 Å². The van der Waals surface area contributed by atoms with Crippen LogP contribution in [0.5, 0.6) is 5.75 Å². The molecule has 1 fully saturated rings. The number of rotatable bonds is 4. The molecule has 1 aromatic heterocycles. The van der Waals surface area contributed by atoms with Crippen LogP contribution in [0.3, 0.4) is 0 Å². The Labute approximate surface area is 166 Å². The van der Waals surface area contributed by atoms with Gasteiger partial charge in [-0.25, -0.2) is 0 Å². The zero-order valence-electron chi connectivity index (χ0n) is 14.4. The lowest BCUT2D eigenvalue weighted by atomic mass is 10.2. The lowest BCUT2D eigenvalue weighted by molar-refractivity contribution is 0.120. The first-order valence-electron chi connectivity index (χ1n) is 8.58. The molecule has 0 spiro atoms. The fourth-order valence-electron chi connectivity index (χ4n) is 2.98. The number of halogens is 2. The van der Waals surface area contributed by atoms with Crippen molar-refractivity contribution in [2.45, 2.75) is 6.61 Å². The van der Waals surface area contributed by atoms with Gasteiger partial charge in [-0.2, -0.15) is 0 Å². The lowest BCUT2D eigenvalue weighted by Crippen LogP contribution is -2.36. The maximum absolute atomic E-state index is 12.5. The van der Waals surface area contributed by atoms with Gasteiger partial charge in [0, 0.05) is 19.2 Å². The lowest BCUT2D eigenvalue weighted by Gasteiger charge is -2.27. The zero-order valence-corrected chi connectivity index (χ0v) is 15.9. The van der Waals surface area contributed by atoms with Crippen molar-refractivity contribution in [3.05, 3.63) is 68.3 Å². The molecule has 4 rings (SSSR count). The van der Waals surface area contributed by atoms with Crippen molar-refractivity contribution >= 4 is 40.1 Å². The van der Waals surface area contributed by atoms with Crippen molar-refractivity contribution in [3.63, 3.8) is 0 Å². The summed E-state index contributed by atoms with van der Waals surface area (Å²) >= 11 is 12.0. The number of morpholine rings is 1. The molecule has 0 saturated carbocycles. The Hall–Kier alpha value is -2.21. The van der Waals surface area contributed by atoms with E-state index in [2.05, 4.69) is 0 Å². The Kier molecular flexibility index (Phi) is 5.25. The molecule has 0 amide bonds. The van der Waals surface area contributed by atoms with E-state index in [0.717, 1.165) is 5.56 Å². The molecular formula is C20H17Cl2NO4. The molecule has 3 aromatic rings. The molecule has 0 aliphatic carbocycles. The Bertz CT molecular complexity index is 1030.